The van der Waals surface area contributed by atoms with Crippen LogP contribution in [-0.4, -0.2) is 12.5 Å². The van der Waals surface area contributed by atoms with Gasteiger partial charge in [0.2, 0.25) is 5.96 Å². The van der Waals surface area contributed by atoms with Gasteiger partial charge in [-0.25, -0.2) is 5.84 Å². The molecule has 4 N–H and O–H groups in total. The molecule has 0 bridgehead atoms. The van der Waals surface area contributed by atoms with Crippen molar-refractivity contribution in [1.82, 2.24) is 5.43 Å². The molecule has 0 spiro atoms. The van der Waals surface area contributed by atoms with Gasteiger partial charge in [0.05, 0.1) is 0 Å². The first-order valence-corrected chi connectivity index (χ1v) is 6.06. The summed E-state index contributed by atoms with van der Waals surface area (Å²) in [5.41, 5.74) is 4.90. The first-order chi connectivity index (χ1) is 8.19. The van der Waals surface area contributed by atoms with Gasteiger partial charge in [0, 0.05) is 12.2 Å². The second-order valence-electron chi connectivity index (χ2n) is 4.24. The van der Waals surface area contributed by atoms with Crippen LogP contribution in [0.1, 0.15) is 38.7 Å². The molecule has 0 aromatic heterocycles. The normalized spacial score (nSPS) is 11.7. The molecule has 17 heavy (non-hydrogen) atoms. The summed E-state index contributed by atoms with van der Waals surface area (Å²) in [6.45, 7) is 7.18. The molecule has 1 aromatic rings. The molecule has 0 aliphatic heterocycles. The van der Waals surface area contributed by atoms with Gasteiger partial charge in [-0.3, -0.25) is 10.4 Å². The minimum Gasteiger partial charge on any atom is -0.325 e. The van der Waals surface area contributed by atoms with Gasteiger partial charge in [0.1, 0.15) is 0 Å². The molecule has 0 saturated heterocycles. The van der Waals surface area contributed by atoms with Crippen LogP contribution in [0.4, 0.5) is 5.69 Å². The first-order valence-electron chi connectivity index (χ1n) is 6.06. The number of hydrogen-bond donors (Lipinski definition) is 3. The Hall–Kier alpha value is -1.55. The molecule has 0 heterocycles. The van der Waals surface area contributed by atoms with E-state index in [4.69, 9.17) is 5.84 Å². The van der Waals surface area contributed by atoms with Crippen molar-refractivity contribution in [3.8, 4) is 0 Å². The smallest absolute Gasteiger partial charge is 0.210 e. The number of benzene rings is 1. The van der Waals surface area contributed by atoms with E-state index in [1.807, 2.05) is 18.2 Å². The van der Waals surface area contributed by atoms with Crippen molar-refractivity contribution in [3.63, 3.8) is 0 Å². The van der Waals surface area contributed by atoms with Crippen molar-refractivity contribution in [2.75, 3.05) is 11.9 Å². The van der Waals surface area contributed by atoms with Gasteiger partial charge < -0.3 is 5.32 Å². The Labute approximate surface area is 103 Å². The summed E-state index contributed by atoms with van der Waals surface area (Å²) >= 11 is 0. The predicted molar refractivity (Wildman–Crippen MR) is 74.1 cm³/mol. The van der Waals surface area contributed by atoms with E-state index >= 15 is 0 Å². The molecular formula is C13H22N4. The maximum Gasteiger partial charge on any atom is 0.210 e. The second kappa shape index (κ2) is 6.91. The highest BCUT2D eigenvalue weighted by Gasteiger charge is 2.06. The van der Waals surface area contributed by atoms with Crippen molar-refractivity contribution < 1.29 is 0 Å². The number of hydrazine groups is 1. The molecule has 0 saturated carbocycles. The summed E-state index contributed by atoms with van der Waals surface area (Å²) in [6.07, 6.45) is 0.999. The predicted octanol–water partition coefficient (Wildman–Crippen LogP) is 2.45. The monoisotopic (exact) mass is 234 g/mol. The SMILES string of the molecule is CCCN=C(NN)Nc1ccccc1C(C)C. The summed E-state index contributed by atoms with van der Waals surface area (Å²) in [5, 5.41) is 3.23. The van der Waals surface area contributed by atoms with E-state index < -0.39 is 0 Å². The minimum atomic E-state index is 0.462. The Morgan fingerprint density at radius 3 is 2.65 bits per heavy atom. The van der Waals surface area contributed by atoms with Crippen LogP contribution in [-0.2, 0) is 0 Å². The van der Waals surface area contributed by atoms with Gasteiger partial charge in [0.25, 0.3) is 0 Å². The summed E-state index contributed by atoms with van der Waals surface area (Å²) in [4.78, 5) is 4.33. The van der Waals surface area contributed by atoms with Gasteiger partial charge in [0.15, 0.2) is 0 Å². The summed E-state index contributed by atoms with van der Waals surface area (Å²) in [6, 6.07) is 8.19. The molecule has 1 rings (SSSR count). The van der Waals surface area contributed by atoms with E-state index in [0.717, 1.165) is 18.7 Å². The fourth-order valence-electron chi connectivity index (χ4n) is 1.59. The van der Waals surface area contributed by atoms with Crippen LogP contribution in [0.15, 0.2) is 29.3 Å². The number of nitrogens with zero attached hydrogens (tertiary/aromatic N) is 1. The topological polar surface area (TPSA) is 62.4 Å². The molecule has 0 unspecified atom stereocenters. The van der Waals surface area contributed by atoms with Crippen LogP contribution in [0.5, 0.6) is 0 Å². The van der Waals surface area contributed by atoms with Crippen molar-refractivity contribution in [1.29, 1.82) is 0 Å². The lowest BCUT2D eigenvalue weighted by atomic mass is 10.0. The Morgan fingerprint density at radius 1 is 1.35 bits per heavy atom. The molecule has 0 aliphatic rings. The Balaban J connectivity index is 2.86. The third-order valence-electron chi connectivity index (χ3n) is 2.47. The molecule has 4 nitrogen and oxygen atoms in total. The number of guanidine groups is 1. The second-order valence-corrected chi connectivity index (χ2v) is 4.24. The van der Waals surface area contributed by atoms with E-state index in [1.54, 1.807) is 0 Å². The summed E-state index contributed by atoms with van der Waals surface area (Å²) in [7, 11) is 0. The zero-order chi connectivity index (χ0) is 12.7. The molecule has 0 aliphatic carbocycles. The van der Waals surface area contributed by atoms with Gasteiger partial charge in [-0.15, -0.1) is 0 Å². The number of nitrogens with one attached hydrogen (secondary N) is 2. The van der Waals surface area contributed by atoms with Crippen LogP contribution < -0.4 is 16.6 Å². The fraction of sp³-hybridized carbons (Fsp3) is 0.462. The average molecular weight is 234 g/mol. The third-order valence-corrected chi connectivity index (χ3v) is 2.47. The van der Waals surface area contributed by atoms with Gasteiger partial charge in [-0.2, -0.15) is 0 Å². The van der Waals surface area contributed by atoms with Gasteiger partial charge in [-0.1, -0.05) is 39.0 Å². The first kappa shape index (κ1) is 13.5. The third kappa shape index (κ3) is 4.07. The molecule has 94 valence electrons. The summed E-state index contributed by atoms with van der Waals surface area (Å²) < 4.78 is 0. The highest BCUT2D eigenvalue weighted by atomic mass is 15.3. The maximum atomic E-state index is 5.44. The van der Waals surface area contributed by atoms with Crippen LogP contribution in [0.25, 0.3) is 0 Å². The Bertz CT molecular complexity index is 371. The number of aliphatic imine (C=N–C) groups is 1. The van der Waals surface area contributed by atoms with Gasteiger partial charge in [-0.05, 0) is 24.0 Å². The van der Waals surface area contributed by atoms with E-state index in [9.17, 15) is 0 Å². The number of nitrogens with two attached hydrogens (primary N) is 1. The maximum absolute atomic E-state index is 5.44. The summed E-state index contributed by atoms with van der Waals surface area (Å²) in [5.74, 6) is 6.52. The lowest BCUT2D eigenvalue weighted by molar-refractivity contribution is 0.867. The fourth-order valence-corrected chi connectivity index (χ4v) is 1.59. The van der Waals surface area contributed by atoms with E-state index in [1.165, 1.54) is 5.56 Å². The molecule has 0 amide bonds. The van der Waals surface area contributed by atoms with Crippen LogP contribution in [0.2, 0.25) is 0 Å². The Kier molecular flexibility index (Phi) is 5.49. The highest BCUT2D eigenvalue weighted by Crippen LogP contribution is 2.23. The highest BCUT2D eigenvalue weighted by molar-refractivity contribution is 5.93. The minimum absolute atomic E-state index is 0.462. The number of hydrogen-bond acceptors (Lipinski definition) is 2. The molecule has 4 heteroatoms. The largest absolute Gasteiger partial charge is 0.325 e. The number of anilines is 1. The average Bonchev–Trinajstić information content (AvgIpc) is 2.34. The lowest BCUT2D eigenvalue weighted by Gasteiger charge is -2.15. The molecule has 0 radical (unpaired) electrons. The van der Waals surface area contributed by atoms with Crippen LogP contribution in [0.3, 0.4) is 0 Å². The van der Waals surface area contributed by atoms with E-state index in [0.29, 0.717) is 11.9 Å². The van der Waals surface area contributed by atoms with Crippen molar-refractivity contribution in [2.24, 2.45) is 10.8 Å². The Morgan fingerprint density at radius 2 is 2.06 bits per heavy atom. The van der Waals surface area contributed by atoms with E-state index in [-0.39, 0.29) is 0 Å². The quantitative estimate of drug-likeness (QED) is 0.324. The van der Waals surface area contributed by atoms with E-state index in [2.05, 4.69) is 42.6 Å². The molecular weight excluding hydrogens is 212 g/mol. The number of rotatable bonds is 4. The molecule has 0 atom stereocenters. The molecule has 0 fully saturated rings. The van der Waals surface area contributed by atoms with Crippen LogP contribution >= 0.6 is 0 Å². The van der Waals surface area contributed by atoms with Crippen LogP contribution in [0, 0.1) is 0 Å². The van der Waals surface area contributed by atoms with Crippen molar-refractivity contribution in [2.45, 2.75) is 33.1 Å². The zero-order valence-corrected chi connectivity index (χ0v) is 10.8. The molecule has 1 aromatic carbocycles. The lowest BCUT2D eigenvalue weighted by Crippen LogP contribution is -2.36. The van der Waals surface area contributed by atoms with Gasteiger partial charge >= 0.3 is 0 Å². The standard InChI is InChI=1S/C13H22N4/c1-4-9-15-13(17-14)16-12-8-6-5-7-11(12)10(2)3/h5-8,10H,4,9,14H2,1-3H3,(H2,15,16,17). The number of para-hydroxylation sites is 1. The van der Waals surface area contributed by atoms with Crippen molar-refractivity contribution in [3.05, 3.63) is 29.8 Å². The van der Waals surface area contributed by atoms with Crippen molar-refractivity contribution >= 4 is 11.6 Å². The zero-order valence-electron chi connectivity index (χ0n) is 10.8.